The lowest BCUT2D eigenvalue weighted by Gasteiger charge is -2.01. The van der Waals surface area contributed by atoms with Crippen LogP contribution in [0.5, 0.6) is 0 Å². The molecular formula is C15H30O4. The number of carboxylic acid groups (broad SMARTS) is 2. The quantitative estimate of drug-likeness (QED) is 0.486. The van der Waals surface area contributed by atoms with Crippen molar-refractivity contribution in [3.05, 3.63) is 0 Å². The Labute approximate surface area is 117 Å². The number of rotatable bonds is 13. The van der Waals surface area contributed by atoms with Crippen LogP contribution in [-0.4, -0.2) is 22.2 Å². The van der Waals surface area contributed by atoms with Gasteiger partial charge in [0.2, 0.25) is 0 Å². The van der Waals surface area contributed by atoms with Crippen molar-refractivity contribution in [1.82, 2.24) is 0 Å². The van der Waals surface area contributed by atoms with Gasteiger partial charge < -0.3 is 10.2 Å². The summed E-state index contributed by atoms with van der Waals surface area (Å²) in [6.45, 7) is 0. The van der Waals surface area contributed by atoms with E-state index in [2.05, 4.69) is 0 Å². The molecule has 0 aliphatic heterocycles. The second-order valence-corrected chi connectivity index (χ2v) is 4.82. The molecule has 0 amide bonds. The third kappa shape index (κ3) is 19.5. The zero-order valence-electron chi connectivity index (χ0n) is 11.2. The molecule has 0 fully saturated rings. The lowest BCUT2D eigenvalue weighted by Crippen LogP contribution is -1.93. The molecule has 19 heavy (non-hydrogen) atoms. The van der Waals surface area contributed by atoms with Crippen molar-refractivity contribution < 1.29 is 19.8 Å². The number of aliphatic carboxylic acids is 2. The van der Waals surface area contributed by atoms with Crippen LogP contribution in [0.25, 0.3) is 0 Å². The zero-order chi connectivity index (χ0) is 13.6. The summed E-state index contributed by atoms with van der Waals surface area (Å²) >= 11 is 0. The number of carbonyl (C=O) groups is 2. The van der Waals surface area contributed by atoms with Gasteiger partial charge in [0.25, 0.3) is 0 Å². The first-order valence-electron chi connectivity index (χ1n) is 7.06. The Balaban J connectivity index is 0. The van der Waals surface area contributed by atoms with E-state index in [-0.39, 0.29) is 7.43 Å². The van der Waals surface area contributed by atoms with Gasteiger partial charge in [-0.25, -0.2) is 0 Å². The van der Waals surface area contributed by atoms with E-state index in [1.165, 1.54) is 25.7 Å². The van der Waals surface area contributed by atoms with Crippen molar-refractivity contribution in [3.63, 3.8) is 0 Å². The molecule has 0 saturated carbocycles. The highest BCUT2D eigenvalue weighted by Gasteiger charge is 1.98. The first-order chi connectivity index (χ1) is 8.63. The maximum atomic E-state index is 10.3. The van der Waals surface area contributed by atoms with Crippen molar-refractivity contribution in [1.29, 1.82) is 0 Å². The molecule has 0 aliphatic rings. The number of carboxylic acids is 2. The average Bonchev–Trinajstić information content (AvgIpc) is 2.29. The molecule has 0 aromatic rings. The normalized spacial score (nSPS) is 9.89. The van der Waals surface area contributed by atoms with Crippen LogP contribution in [0.1, 0.15) is 84.5 Å². The van der Waals surface area contributed by atoms with Crippen molar-refractivity contribution in [3.8, 4) is 0 Å². The summed E-state index contributed by atoms with van der Waals surface area (Å²) < 4.78 is 0. The van der Waals surface area contributed by atoms with Gasteiger partial charge in [0.1, 0.15) is 0 Å². The van der Waals surface area contributed by atoms with Gasteiger partial charge in [0.05, 0.1) is 0 Å². The first kappa shape index (κ1) is 20.3. The highest BCUT2D eigenvalue weighted by atomic mass is 16.4. The Kier molecular flexibility index (Phi) is 16.0. The van der Waals surface area contributed by atoms with Gasteiger partial charge in [-0.2, -0.15) is 0 Å². The predicted molar refractivity (Wildman–Crippen MR) is 77.4 cm³/mol. The number of hydrogen-bond donors (Lipinski definition) is 2. The Bertz CT molecular complexity index is 202. The fourth-order valence-corrected chi connectivity index (χ4v) is 1.97. The lowest BCUT2D eigenvalue weighted by atomic mass is 10.1. The van der Waals surface area contributed by atoms with Gasteiger partial charge in [-0.15, -0.1) is 0 Å². The molecule has 0 spiro atoms. The summed E-state index contributed by atoms with van der Waals surface area (Å²) in [5.41, 5.74) is 0. The summed E-state index contributed by atoms with van der Waals surface area (Å²) in [5.74, 6) is -1.40. The van der Waals surface area contributed by atoms with E-state index < -0.39 is 11.9 Å². The third-order valence-electron chi connectivity index (χ3n) is 3.03. The average molecular weight is 274 g/mol. The summed E-state index contributed by atoms with van der Waals surface area (Å²) in [6.07, 6.45) is 11.3. The summed E-state index contributed by atoms with van der Waals surface area (Å²) in [6, 6.07) is 0. The first-order valence-corrected chi connectivity index (χ1v) is 7.06. The van der Waals surface area contributed by atoms with E-state index >= 15 is 0 Å². The van der Waals surface area contributed by atoms with Crippen LogP contribution in [0.2, 0.25) is 0 Å². The van der Waals surface area contributed by atoms with E-state index in [0.717, 1.165) is 38.5 Å². The lowest BCUT2D eigenvalue weighted by molar-refractivity contribution is -0.138. The smallest absolute Gasteiger partial charge is 0.303 e. The second-order valence-electron chi connectivity index (χ2n) is 4.82. The number of unbranched alkanes of at least 4 members (excludes halogenated alkanes) is 9. The molecule has 0 aromatic heterocycles. The molecule has 0 aromatic carbocycles. The van der Waals surface area contributed by atoms with E-state index in [1.807, 2.05) is 0 Å². The maximum Gasteiger partial charge on any atom is 0.303 e. The molecule has 114 valence electrons. The fraction of sp³-hybridized carbons (Fsp3) is 0.867. The highest BCUT2D eigenvalue weighted by Crippen LogP contribution is 2.11. The van der Waals surface area contributed by atoms with Gasteiger partial charge in [0.15, 0.2) is 0 Å². The minimum atomic E-state index is -0.698. The zero-order valence-corrected chi connectivity index (χ0v) is 11.2. The Hall–Kier alpha value is -1.06. The minimum absolute atomic E-state index is 0. The topological polar surface area (TPSA) is 74.6 Å². The largest absolute Gasteiger partial charge is 0.481 e. The molecule has 4 nitrogen and oxygen atoms in total. The Morgan fingerprint density at radius 1 is 0.526 bits per heavy atom. The van der Waals surface area contributed by atoms with Gasteiger partial charge in [-0.3, -0.25) is 9.59 Å². The van der Waals surface area contributed by atoms with Crippen molar-refractivity contribution in [2.24, 2.45) is 0 Å². The molecule has 0 aliphatic carbocycles. The third-order valence-corrected chi connectivity index (χ3v) is 3.03. The van der Waals surface area contributed by atoms with E-state index in [9.17, 15) is 9.59 Å². The van der Waals surface area contributed by atoms with Crippen molar-refractivity contribution in [2.75, 3.05) is 0 Å². The van der Waals surface area contributed by atoms with Gasteiger partial charge in [0, 0.05) is 12.8 Å². The van der Waals surface area contributed by atoms with Crippen LogP contribution in [0.15, 0.2) is 0 Å². The van der Waals surface area contributed by atoms with E-state index in [0.29, 0.717) is 12.8 Å². The fourth-order valence-electron chi connectivity index (χ4n) is 1.97. The Morgan fingerprint density at radius 3 is 0.947 bits per heavy atom. The molecule has 2 N–H and O–H groups in total. The predicted octanol–water partition coefficient (Wildman–Crippen LogP) is 4.47. The van der Waals surface area contributed by atoms with Gasteiger partial charge in [-0.05, 0) is 12.8 Å². The van der Waals surface area contributed by atoms with Crippen molar-refractivity contribution >= 4 is 11.9 Å². The van der Waals surface area contributed by atoms with Crippen molar-refractivity contribution in [2.45, 2.75) is 84.5 Å². The van der Waals surface area contributed by atoms with Crippen LogP contribution in [0, 0.1) is 0 Å². The molecule has 0 saturated heterocycles. The summed E-state index contributed by atoms with van der Waals surface area (Å²) in [5, 5.41) is 16.9. The van der Waals surface area contributed by atoms with Gasteiger partial charge >= 0.3 is 11.9 Å². The molecule has 0 heterocycles. The maximum absolute atomic E-state index is 10.3. The van der Waals surface area contributed by atoms with E-state index in [1.54, 1.807) is 0 Å². The molecule has 0 radical (unpaired) electrons. The van der Waals surface area contributed by atoms with Gasteiger partial charge in [-0.1, -0.05) is 58.8 Å². The van der Waals surface area contributed by atoms with Crippen LogP contribution >= 0.6 is 0 Å². The Morgan fingerprint density at radius 2 is 0.737 bits per heavy atom. The summed E-state index contributed by atoms with van der Waals surface area (Å²) in [7, 11) is 0. The monoisotopic (exact) mass is 274 g/mol. The molecule has 0 atom stereocenters. The second kappa shape index (κ2) is 15.0. The van der Waals surface area contributed by atoms with Crippen LogP contribution < -0.4 is 0 Å². The van der Waals surface area contributed by atoms with E-state index in [4.69, 9.17) is 10.2 Å². The van der Waals surface area contributed by atoms with Crippen LogP contribution in [-0.2, 0) is 9.59 Å². The molecule has 0 rings (SSSR count). The highest BCUT2D eigenvalue weighted by molar-refractivity contribution is 5.66. The van der Waals surface area contributed by atoms with Crippen LogP contribution in [0.4, 0.5) is 0 Å². The van der Waals surface area contributed by atoms with Crippen LogP contribution in [0.3, 0.4) is 0 Å². The molecule has 4 heteroatoms. The SMILES string of the molecule is C.O=C(O)CCCCCCCCCCCCC(=O)O. The molecular weight excluding hydrogens is 244 g/mol. The summed E-state index contributed by atoms with van der Waals surface area (Å²) in [4.78, 5) is 20.5. The number of hydrogen-bond acceptors (Lipinski definition) is 2. The molecule has 0 bridgehead atoms. The standard InChI is InChI=1S/C14H26O4.CH4/c15-13(16)11-9-7-5-3-1-2-4-6-8-10-12-14(17)18;/h1-12H2,(H,15,16)(H,17,18);1H4. The minimum Gasteiger partial charge on any atom is -0.481 e. The molecule has 0 unspecified atom stereocenters.